The van der Waals surface area contributed by atoms with Crippen molar-refractivity contribution in [1.29, 1.82) is 0 Å². The molecule has 0 saturated heterocycles. The number of phenolic OH excluding ortho intramolecular Hbond substituents is 1. The Balaban J connectivity index is 1.96. The number of nitrogens with one attached hydrogen (secondary N) is 1. The van der Waals surface area contributed by atoms with Crippen molar-refractivity contribution in [1.82, 2.24) is 4.98 Å². The Labute approximate surface area is 169 Å². The number of ketones is 1. The zero-order valence-electron chi connectivity index (χ0n) is 16.3. The minimum atomic E-state index is -0.574. The van der Waals surface area contributed by atoms with Crippen molar-refractivity contribution in [2.45, 2.75) is 19.9 Å². The van der Waals surface area contributed by atoms with Gasteiger partial charge in [0.25, 0.3) is 0 Å². The van der Waals surface area contributed by atoms with Crippen LogP contribution in [0.25, 0.3) is 0 Å². The summed E-state index contributed by atoms with van der Waals surface area (Å²) in [7, 11) is 0. The number of carbonyl (C=O) groups is 2. The van der Waals surface area contributed by atoms with E-state index in [-0.39, 0.29) is 35.1 Å². The summed E-state index contributed by atoms with van der Waals surface area (Å²) >= 11 is 0. The number of ether oxygens (including phenoxy) is 1. The average molecular weight is 390 g/mol. The number of rotatable bonds is 7. The molecule has 148 valence electrons. The summed E-state index contributed by atoms with van der Waals surface area (Å²) in [6.07, 6.45) is 1.39. The molecule has 29 heavy (non-hydrogen) atoms. The quantitative estimate of drug-likeness (QED) is 0.460. The fourth-order valence-electron chi connectivity index (χ4n) is 2.92. The van der Waals surface area contributed by atoms with Gasteiger partial charge in [-0.1, -0.05) is 42.5 Å². The van der Waals surface area contributed by atoms with Gasteiger partial charge in [-0.05, 0) is 37.6 Å². The molecule has 0 unspecified atom stereocenters. The van der Waals surface area contributed by atoms with Crippen LogP contribution in [-0.4, -0.2) is 28.4 Å². The Morgan fingerprint density at radius 2 is 1.76 bits per heavy atom. The second kappa shape index (κ2) is 9.01. The van der Waals surface area contributed by atoms with Crippen molar-refractivity contribution in [3.05, 3.63) is 89.1 Å². The molecule has 3 aromatic rings. The van der Waals surface area contributed by atoms with Crippen LogP contribution >= 0.6 is 0 Å². The lowest BCUT2D eigenvalue weighted by Gasteiger charge is -2.17. The number of phenols is 1. The highest BCUT2D eigenvalue weighted by molar-refractivity contribution is 6.11. The van der Waals surface area contributed by atoms with Crippen molar-refractivity contribution in [2.75, 3.05) is 11.9 Å². The van der Waals surface area contributed by atoms with E-state index in [1.807, 2.05) is 37.3 Å². The van der Waals surface area contributed by atoms with E-state index in [4.69, 9.17) is 4.74 Å². The van der Waals surface area contributed by atoms with Crippen LogP contribution in [0.1, 0.15) is 51.7 Å². The standard InChI is InChI=1S/C23H22N2O4/c1-3-29-23(28)19-13-17(21(27)18-11-7-8-12-20(18)26)14-24-22(19)25-15(2)16-9-5-4-6-10-16/h4-15,26H,3H2,1-2H3,(H,24,25)/t15-/m0/s1. The fraction of sp³-hybridized carbons (Fsp3) is 0.174. The first-order valence-corrected chi connectivity index (χ1v) is 9.32. The van der Waals surface area contributed by atoms with Gasteiger partial charge >= 0.3 is 5.97 Å². The van der Waals surface area contributed by atoms with Gasteiger partial charge in [0.05, 0.1) is 12.2 Å². The summed E-state index contributed by atoms with van der Waals surface area (Å²) in [6.45, 7) is 3.86. The molecule has 0 amide bonds. The molecule has 1 aromatic heterocycles. The van der Waals surface area contributed by atoms with Gasteiger partial charge in [0.1, 0.15) is 17.1 Å². The van der Waals surface area contributed by atoms with E-state index in [1.165, 1.54) is 24.4 Å². The maximum atomic E-state index is 12.8. The summed E-state index contributed by atoms with van der Waals surface area (Å²) in [4.78, 5) is 29.6. The SMILES string of the molecule is CCOC(=O)c1cc(C(=O)c2ccccc2O)cnc1N[C@@H](C)c1ccccc1. The number of carbonyl (C=O) groups excluding carboxylic acids is 2. The van der Waals surface area contributed by atoms with Crippen LogP contribution in [0, 0.1) is 0 Å². The van der Waals surface area contributed by atoms with Crippen molar-refractivity contribution in [3.63, 3.8) is 0 Å². The molecular weight excluding hydrogens is 368 g/mol. The molecule has 0 fully saturated rings. The maximum Gasteiger partial charge on any atom is 0.341 e. The highest BCUT2D eigenvalue weighted by atomic mass is 16.5. The Hall–Kier alpha value is -3.67. The molecule has 0 bridgehead atoms. The molecule has 2 aromatic carbocycles. The second-order valence-corrected chi connectivity index (χ2v) is 6.46. The molecule has 0 aliphatic heterocycles. The van der Waals surface area contributed by atoms with E-state index >= 15 is 0 Å². The lowest BCUT2D eigenvalue weighted by Crippen LogP contribution is -2.15. The number of aromatic nitrogens is 1. The first-order valence-electron chi connectivity index (χ1n) is 9.32. The van der Waals surface area contributed by atoms with Crippen molar-refractivity contribution >= 4 is 17.6 Å². The highest BCUT2D eigenvalue weighted by Gasteiger charge is 2.21. The van der Waals surface area contributed by atoms with Gasteiger partial charge in [-0.3, -0.25) is 4.79 Å². The van der Waals surface area contributed by atoms with E-state index in [2.05, 4.69) is 10.3 Å². The van der Waals surface area contributed by atoms with Crippen LogP contribution in [0.15, 0.2) is 66.9 Å². The zero-order valence-corrected chi connectivity index (χ0v) is 16.3. The van der Waals surface area contributed by atoms with Crippen LogP contribution < -0.4 is 5.32 Å². The predicted molar refractivity (Wildman–Crippen MR) is 110 cm³/mol. The Kier molecular flexibility index (Phi) is 6.24. The zero-order chi connectivity index (χ0) is 20.8. The van der Waals surface area contributed by atoms with Crippen LogP contribution in [0.2, 0.25) is 0 Å². The van der Waals surface area contributed by atoms with Crippen LogP contribution in [0.3, 0.4) is 0 Å². The third-order valence-corrected chi connectivity index (χ3v) is 4.45. The van der Waals surface area contributed by atoms with Gasteiger partial charge in [0.2, 0.25) is 0 Å². The van der Waals surface area contributed by atoms with Crippen molar-refractivity contribution < 1.29 is 19.4 Å². The lowest BCUT2D eigenvalue weighted by atomic mass is 10.0. The molecule has 6 heteroatoms. The van der Waals surface area contributed by atoms with Gasteiger partial charge in [0.15, 0.2) is 5.78 Å². The number of esters is 1. The maximum absolute atomic E-state index is 12.8. The number of aromatic hydroxyl groups is 1. The number of pyridine rings is 1. The van der Waals surface area contributed by atoms with E-state index in [0.717, 1.165) is 5.56 Å². The Bertz CT molecular complexity index is 1020. The predicted octanol–water partition coefficient (Wildman–Crippen LogP) is 4.37. The normalized spacial score (nSPS) is 11.5. The number of benzene rings is 2. The first kappa shape index (κ1) is 20.1. The molecule has 0 radical (unpaired) electrons. The van der Waals surface area contributed by atoms with Crippen LogP contribution in [0.5, 0.6) is 5.75 Å². The molecular formula is C23H22N2O4. The molecule has 1 heterocycles. The third kappa shape index (κ3) is 4.60. The number of hydrogen-bond donors (Lipinski definition) is 2. The smallest absolute Gasteiger partial charge is 0.341 e. The second-order valence-electron chi connectivity index (χ2n) is 6.46. The number of nitrogens with zero attached hydrogens (tertiary/aromatic N) is 1. The number of anilines is 1. The Morgan fingerprint density at radius 1 is 1.07 bits per heavy atom. The third-order valence-electron chi connectivity index (χ3n) is 4.45. The average Bonchev–Trinajstić information content (AvgIpc) is 2.74. The molecule has 0 aliphatic rings. The van der Waals surface area contributed by atoms with E-state index in [9.17, 15) is 14.7 Å². The summed E-state index contributed by atoms with van der Waals surface area (Å²) in [5, 5.41) is 13.2. The van der Waals surface area contributed by atoms with Crippen LogP contribution in [0.4, 0.5) is 5.82 Å². The molecule has 1 atom stereocenters. The van der Waals surface area contributed by atoms with Crippen LogP contribution in [-0.2, 0) is 4.74 Å². The van der Waals surface area contributed by atoms with Gasteiger partial charge in [-0.2, -0.15) is 0 Å². The first-order chi connectivity index (χ1) is 14.0. The van der Waals surface area contributed by atoms with Gasteiger partial charge < -0.3 is 15.2 Å². The fourth-order valence-corrected chi connectivity index (χ4v) is 2.92. The minimum absolute atomic E-state index is 0.114. The molecule has 0 aliphatic carbocycles. The number of hydrogen-bond acceptors (Lipinski definition) is 6. The summed E-state index contributed by atoms with van der Waals surface area (Å²) in [5.74, 6) is -0.803. The van der Waals surface area contributed by atoms with Gasteiger partial charge in [0, 0.05) is 17.8 Å². The summed E-state index contributed by atoms with van der Waals surface area (Å²) in [5.41, 5.74) is 1.52. The molecule has 0 saturated carbocycles. The molecule has 2 N–H and O–H groups in total. The van der Waals surface area contributed by atoms with Crippen molar-refractivity contribution in [3.8, 4) is 5.75 Å². The summed E-state index contributed by atoms with van der Waals surface area (Å²) < 4.78 is 5.14. The highest BCUT2D eigenvalue weighted by Crippen LogP contribution is 2.25. The van der Waals surface area contributed by atoms with Gasteiger partial charge in [-0.15, -0.1) is 0 Å². The van der Waals surface area contributed by atoms with Gasteiger partial charge in [-0.25, -0.2) is 9.78 Å². The molecule has 0 spiro atoms. The molecule has 3 rings (SSSR count). The monoisotopic (exact) mass is 390 g/mol. The summed E-state index contributed by atoms with van der Waals surface area (Å²) in [6, 6.07) is 17.3. The minimum Gasteiger partial charge on any atom is -0.507 e. The Morgan fingerprint density at radius 3 is 2.45 bits per heavy atom. The topological polar surface area (TPSA) is 88.5 Å². The van der Waals surface area contributed by atoms with E-state index in [1.54, 1.807) is 19.1 Å². The van der Waals surface area contributed by atoms with E-state index in [0.29, 0.717) is 5.82 Å². The van der Waals surface area contributed by atoms with Crippen molar-refractivity contribution in [2.24, 2.45) is 0 Å². The molecule has 6 nitrogen and oxygen atoms in total. The largest absolute Gasteiger partial charge is 0.507 e. The van der Waals surface area contributed by atoms with E-state index < -0.39 is 11.8 Å². The lowest BCUT2D eigenvalue weighted by molar-refractivity contribution is 0.0527. The number of para-hydroxylation sites is 1.